The van der Waals surface area contributed by atoms with Crippen LogP contribution in [0, 0.1) is 24.0 Å². The number of rotatable bonds is 12. The molecule has 0 spiro atoms. The van der Waals surface area contributed by atoms with Crippen LogP contribution in [-0.4, -0.2) is 95.4 Å². The molecule has 5 aromatic rings. The lowest BCUT2D eigenvalue weighted by Crippen LogP contribution is -2.65. The van der Waals surface area contributed by atoms with Crippen molar-refractivity contribution in [2.75, 3.05) is 37.2 Å². The van der Waals surface area contributed by atoms with Gasteiger partial charge in [0.05, 0.1) is 43.6 Å². The number of hydrogen-bond acceptors (Lipinski definition) is 12. The van der Waals surface area contributed by atoms with Gasteiger partial charge in [-0.1, -0.05) is 24.3 Å². The minimum atomic E-state index is -5.27. The highest BCUT2D eigenvalue weighted by atomic mass is 19.4. The average Bonchev–Trinajstić information content (AvgIpc) is 3.76. The summed E-state index contributed by atoms with van der Waals surface area (Å²) < 4.78 is 139. The van der Waals surface area contributed by atoms with Crippen LogP contribution >= 0.6 is 0 Å². The number of aldehydes is 1. The van der Waals surface area contributed by atoms with Crippen molar-refractivity contribution in [3.63, 3.8) is 0 Å². The Hall–Kier alpha value is -6.60. The minimum Gasteiger partial charge on any atom is -0.497 e. The maximum atomic E-state index is 17.8. The summed E-state index contributed by atoms with van der Waals surface area (Å²) in [6.45, 7) is 6.94. The number of halogens is 7. The molecule has 0 radical (unpaired) electrons. The molecule has 0 N–H and O–H groups in total. The van der Waals surface area contributed by atoms with E-state index in [2.05, 4.69) is 15.0 Å². The van der Waals surface area contributed by atoms with Crippen molar-refractivity contribution in [3.05, 3.63) is 88.5 Å². The lowest BCUT2D eigenvalue weighted by Gasteiger charge is -2.48. The molecular weight excluding hydrogens is 918 g/mol. The lowest BCUT2D eigenvalue weighted by atomic mass is 9.95. The molecule has 4 aliphatic rings. The summed E-state index contributed by atoms with van der Waals surface area (Å²) in [5, 5.41) is -0.168. The van der Waals surface area contributed by atoms with Crippen molar-refractivity contribution in [1.29, 1.82) is 0 Å². The number of fused-ring (bicyclic) bond motifs is 5. The van der Waals surface area contributed by atoms with Crippen LogP contribution in [0.15, 0.2) is 54.6 Å². The van der Waals surface area contributed by atoms with Crippen molar-refractivity contribution < 1.29 is 64.0 Å². The summed E-state index contributed by atoms with van der Waals surface area (Å²) in [4.78, 5) is 43.9. The number of nitrogens with zero attached hydrogens (tertiary/aromatic N) is 6. The second kappa shape index (κ2) is 17.1. The lowest BCUT2D eigenvalue weighted by molar-refractivity contribution is -0.137. The number of aromatic nitrogens is 3. The molecule has 2 saturated heterocycles. The van der Waals surface area contributed by atoms with Gasteiger partial charge in [0.15, 0.2) is 5.82 Å². The summed E-state index contributed by atoms with van der Waals surface area (Å²) in [7, 11) is 2.98. The van der Waals surface area contributed by atoms with Crippen LogP contribution in [-0.2, 0) is 28.8 Å². The first-order valence-corrected chi connectivity index (χ1v) is 22.3. The van der Waals surface area contributed by atoms with Gasteiger partial charge in [0, 0.05) is 31.6 Å². The molecule has 1 saturated carbocycles. The quantitative estimate of drug-likeness (QED) is 0.0872. The maximum absolute atomic E-state index is 17.8. The zero-order chi connectivity index (χ0) is 49.5. The second-order valence-corrected chi connectivity index (χ2v) is 19.0. The zero-order valence-corrected chi connectivity index (χ0v) is 38.7. The maximum Gasteiger partial charge on any atom is 0.417 e. The number of methoxy groups -OCH3 is 2. The van der Waals surface area contributed by atoms with Crippen molar-refractivity contribution in [3.8, 4) is 34.6 Å². The molecule has 13 nitrogen and oxygen atoms in total. The van der Waals surface area contributed by atoms with E-state index in [1.807, 2.05) is 0 Å². The molecule has 366 valence electrons. The van der Waals surface area contributed by atoms with Gasteiger partial charge in [-0.2, -0.15) is 23.1 Å². The van der Waals surface area contributed by atoms with Gasteiger partial charge >= 0.3 is 18.3 Å². The fraction of sp³-hybridized carbons (Fsp3) is 0.449. The van der Waals surface area contributed by atoms with Crippen molar-refractivity contribution in [2.24, 2.45) is 5.41 Å². The smallest absolute Gasteiger partial charge is 0.417 e. The first-order valence-electron chi connectivity index (χ1n) is 22.3. The normalized spacial score (nSPS) is 22.3. The van der Waals surface area contributed by atoms with Crippen LogP contribution in [0.5, 0.6) is 23.4 Å². The first-order chi connectivity index (χ1) is 32.6. The fourth-order valence-electron chi connectivity index (χ4n) is 9.81. The number of carbonyl (C=O) groups is 2. The highest BCUT2D eigenvalue weighted by Gasteiger charge is 2.72. The van der Waals surface area contributed by atoms with Gasteiger partial charge < -0.3 is 38.3 Å². The Bertz CT molecular complexity index is 2780. The van der Waals surface area contributed by atoms with E-state index in [-0.39, 0.29) is 48.7 Å². The van der Waals surface area contributed by atoms with Crippen LogP contribution in [0.4, 0.5) is 47.0 Å². The molecule has 1 amide bonds. The number of amides is 1. The Morgan fingerprint density at radius 1 is 0.928 bits per heavy atom. The van der Waals surface area contributed by atoms with E-state index in [4.69, 9.17) is 23.7 Å². The number of ether oxygens (including phenoxy) is 5. The van der Waals surface area contributed by atoms with Crippen LogP contribution in [0.2, 0.25) is 0 Å². The van der Waals surface area contributed by atoms with E-state index in [0.29, 0.717) is 35.5 Å². The Morgan fingerprint density at radius 2 is 1.54 bits per heavy atom. The third-order valence-corrected chi connectivity index (χ3v) is 13.3. The van der Waals surface area contributed by atoms with Gasteiger partial charge in [0.1, 0.15) is 69.7 Å². The van der Waals surface area contributed by atoms with E-state index >= 15 is 22.0 Å². The van der Waals surface area contributed by atoms with Crippen molar-refractivity contribution in [1.82, 2.24) is 19.9 Å². The number of hydrogen-bond donors (Lipinski definition) is 0. The predicted octanol–water partition coefficient (Wildman–Crippen LogP) is 9.86. The SMILES string of the molecule is COc1ccc(CN(Cc2ccc(OC)cc2)c2cc(-c3nc4c5c(nc(OCC6(C=O)CC6(F)F)nc5c3F)N3C[C@H]5CC[C@@H]([C@H]3[C@H](C)O4)N5C(=O)OC(C)(C)C)c(C(F)(F)F)c(C)c2F)cc1. The Labute approximate surface area is 392 Å². The Balaban J connectivity index is 1.23. The van der Waals surface area contributed by atoms with Gasteiger partial charge in [-0.05, 0) is 94.5 Å². The molecular formula is C49H49F7N6O7. The third-order valence-electron chi connectivity index (χ3n) is 13.3. The third kappa shape index (κ3) is 8.53. The van der Waals surface area contributed by atoms with Crippen molar-refractivity contribution in [2.45, 2.75) is 109 Å². The van der Waals surface area contributed by atoms with E-state index in [0.717, 1.165) is 13.0 Å². The van der Waals surface area contributed by atoms with E-state index < -0.39 is 112 Å². The molecule has 9 rings (SSSR count). The topological polar surface area (TPSA) is 129 Å². The number of benzene rings is 3. The molecule has 20 heteroatoms. The molecule has 69 heavy (non-hydrogen) atoms. The van der Waals surface area contributed by atoms with Gasteiger partial charge in [0.2, 0.25) is 5.88 Å². The molecule has 1 aliphatic carbocycles. The molecule has 5 heterocycles. The Morgan fingerprint density at radius 3 is 2.07 bits per heavy atom. The van der Waals surface area contributed by atoms with Gasteiger partial charge in [-0.3, -0.25) is 4.90 Å². The number of piperazine rings is 1. The average molecular weight is 967 g/mol. The molecule has 3 aliphatic heterocycles. The highest BCUT2D eigenvalue weighted by Crippen LogP contribution is 2.59. The molecule has 2 aromatic heterocycles. The van der Waals surface area contributed by atoms with Gasteiger partial charge in [0.25, 0.3) is 5.92 Å². The minimum absolute atomic E-state index is 0.0327. The molecule has 3 fully saturated rings. The highest BCUT2D eigenvalue weighted by molar-refractivity contribution is 5.98. The van der Waals surface area contributed by atoms with Crippen LogP contribution in [0.3, 0.4) is 0 Å². The second-order valence-electron chi connectivity index (χ2n) is 19.0. The largest absolute Gasteiger partial charge is 0.497 e. The van der Waals surface area contributed by atoms with Crippen LogP contribution in [0.1, 0.15) is 69.2 Å². The monoisotopic (exact) mass is 966 g/mol. The fourth-order valence-corrected chi connectivity index (χ4v) is 9.81. The summed E-state index contributed by atoms with van der Waals surface area (Å²) in [6.07, 6.45) is -6.48. The molecule has 2 bridgehead atoms. The van der Waals surface area contributed by atoms with Gasteiger partial charge in [-0.25, -0.2) is 27.3 Å². The van der Waals surface area contributed by atoms with Crippen LogP contribution < -0.4 is 28.7 Å². The summed E-state index contributed by atoms with van der Waals surface area (Å²) in [5.74, 6) is -5.39. The zero-order valence-electron chi connectivity index (χ0n) is 38.7. The summed E-state index contributed by atoms with van der Waals surface area (Å²) >= 11 is 0. The Kier molecular flexibility index (Phi) is 11.8. The molecule has 3 aromatic carbocycles. The van der Waals surface area contributed by atoms with E-state index in [1.54, 1.807) is 86.0 Å². The van der Waals surface area contributed by atoms with Crippen molar-refractivity contribution >= 4 is 34.8 Å². The molecule has 1 unspecified atom stereocenters. The summed E-state index contributed by atoms with van der Waals surface area (Å²) in [5.41, 5.74) is -6.89. The van der Waals surface area contributed by atoms with Gasteiger partial charge in [-0.15, -0.1) is 0 Å². The van der Waals surface area contributed by atoms with E-state index in [9.17, 15) is 18.4 Å². The number of alkyl halides is 5. The first kappa shape index (κ1) is 47.5. The number of pyridine rings is 1. The predicted molar refractivity (Wildman–Crippen MR) is 238 cm³/mol. The number of anilines is 2. The summed E-state index contributed by atoms with van der Waals surface area (Å²) in [6, 6.07) is 12.1. The standard InChI is InChI=1S/C49H49F7N6O7/c1-25-36(49(54,55)56)32(18-34(37(25)50)60(19-27-8-13-30(65-6)14-9-27)20-28-10-15-31(66-7)16-11-28)39-38(51)40-35-42(59-44(58-40)67-24-47(23-63)22-48(47,52)53)61-21-29-12-17-33(41(61)26(2)68-43(35)57-39)62(29)45(64)69-46(3,4)5/h8-11,13-16,18,23,26,29,33,41H,12,17,19-22,24H2,1-7H3/t26-,29+,33-,41+,47?/m0/s1. The number of carbonyl (C=O) groups excluding carboxylic acids is 2. The molecule has 5 atom stereocenters. The van der Waals surface area contributed by atoms with E-state index in [1.165, 1.54) is 19.1 Å². The van der Waals surface area contributed by atoms with Crippen LogP contribution in [0.25, 0.3) is 22.2 Å².